The average molecular weight is 426 g/mol. The summed E-state index contributed by atoms with van der Waals surface area (Å²) in [6.45, 7) is 0.241. The van der Waals surface area contributed by atoms with Gasteiger partial charge in [-0.2, -0.15) is 0 Å². The third kappa shape index (κ3) is 3.61. The minimum Gasteiger partial charge on any atom is -0.497 e. The van der Waals surface area contributed by atoms with E-state index in [1.165, 1.54) is 39.7 Å². The lowest BCUT2D eigenvalue weighted by Crippen LogP contribution is -2.40. The van der Waals surface area contributed by atoms with Crippen LogP contribution in [0, 0.1) is 5.82 Å². The van der Waals surface area contributed by atoms with E-state index in [0.717, 1.165) is 5.56 Å². The Balaban J connectivity index is 1.82. The van der Waals surface area contributed by atoms with Gasteiger partial charge in [0.25, 0.3) is 5.56 Å². The molecule has 0 aliphatic rings. The number of halogens is 1. The van der Waals surface area contributed by atoms with Crippen molar-refractivity contribution in [2.75, 3.05) is 14.2 Å². The van der Waals surface area contributed by atoms with Gasteiger partial charge < -0.3 is 9.47 Å². The highest BCUT2D eigenvalue weighted by Gasteiger charge is 2.16. The Morgan fingerprint density at radius 3 is 2.43 bits per heavy atom. The number of thiophene rings is 1. The molecule has 0 N–H and O–H groups in total. The predicted octanol–water partition coefficient (Wildman–Crippen LogP) is 3.48. The van der Waals surface area contributed by atoms with Crippen molar-refractivity contribution >= 4 is 21.6 Å². The monoisotopic (exact) mass is 426 g/mol. The van der Waals surface area contributed by atoms with E-state index < -0.39 is 11.5 Å². The first-order valence-electron chi connectivity index (χ1n) is 9.18. The number of hydrogen-bond donors (Lipinski definition) is 0. The number of methoxy groups -OCH3 is 2. The Kier molecular flexibility index (Phi) is 5.41. The van der Waals surface area contributed by atoms with Crippen LogP contribution >= 0.6 is 11.3 Å². The molecule has 2 aromatic heterocycles. The standard InChI is InChI=1S/C22H19FN2O4S/c1-28-16-5-3-4-14(10-16)13-25-21(26)20-18(8-9-30-20)24(22(25)27)12-15-6-7-19(29-2)17(23)11-15/h3-11H,12-13H2,1-2H3. The minimum atomic E-state index is -0.505. The van der Waals surface area contributed by atoms with E-state index in [1.807, 2.05) is 12.1 Å². The molecule has 4 aromatic rings. The van der Waals surface area contributed by atoms with E-state index in [2.05, 4.69) is 0 Å². The lowest BCUT2D eigenvalue weighted by Gasteiger charge is -2.13. The van der Waals surface area contributed by atoms with Gasteiger partial charge in [0, 0.05) is 0 Å². The highest BCUT2D eigenvalue weighted by Crippen LogP contribution is 2.21. The molecule has 0 amide bonds. The van der Waals surface area contributed by atoms with E-state index >= 15 is 0 Å². The first kappa shape index (κ1) is 19.9. The van der Waals surface area contributed by atoms with Crippen molar-refractivity contribution in [3.63, 3.8) is 0 Å². The van der Waals surface area contributed by atoms with Gasteiger partial charge >= 0.3 is 5.69 Å². The maximum atomic E-state index is 14.1. The molecular formula is C22H19FN2O4S. The van der Waals surface area contributed by atoms with Crippen molar-refractivity contribution in [2.45, 2.75) is 13.1 Å². The Bertz CT molecular complexity index is 1340. The fourth-order valence-corrected chi connectivity index (χ4v) is 4.21. The third-order valence-electron chi connectivity index (χ3n) is 4.87. The highest BCUT2D eigenvalue weighted by atomic mass is 32.1. The Morgan fingerprint density at radius 2 is 1.70 bits per heavy atom. The van der Waals surface area contributed by atoms with E-state index in [0.29, 0.717) is 21.5 Å². The molecule has 4 rings (SSSR count). The number of benzene rings is 2. The first-order chi connectivity index (χ1) is 14.5. The molecule has 0 saturated heterocycles. The minimum absolute atomic E-state index is 0.111. The lowest BCUT2D eigenvalue weighted by molar-refractivity contribution is 0.386. The summed E-state index contributed by atoms with van der Waals surface area (Å²) in [5.74, 6) is 0.274. The van der Waals surface area contributed by atoms with Gasteiger partial charge in [0.05, 0.1) is 32.8 Å². The summed E-state index contributed by atoms with van der Waals surface area (Å²) in [5.41, 5.74) is 1.10. The van der Waals surface area contributed by atoms with Crippen molar-refractivity contribution in [3.05, 3.63) is 91.7 Å². The van der Waals surface area contributed by atoms with Gasteiger partial charge in [-0.3, -0.25) is 13.9 Å². The summed E-state index contributed by atoms with van der Waals surface area (Å²) in [7, 11) is 2.95. The number of aromatic nitrogens is 2. The molecule has 2 aromatic carbocycles. The zero-order valence-corrected chi connectivity index (χ0v) is 17.2. The highest BCUT2D eigenvalue weighted by molar-refractivity contribution is 7.17. The molecule has 0 atom stereocenters. The van der Waals surface area contributed by atoms with E-state index in [9.17, 15) is 14.0 Å². The van der Waals surface area contributed by atoms with Gasteiger partial charge in [0.2, 0.25) is 0 Å². The molecule has 0 saturated carbocycles. The second kappa shape index (κ2) is 8.16. The van der Waals surface area contributed by atoms with Crippen molar-refractivity contribution in [3.8, 4) is 11.5 Å². The summed E-state index contributed by atoms with van der Waals surface area (Å²) in [6.07, 6.45) is 0. The molecule has 0 aliphatic carbocycles. The van der Waals surface area contributed by atoms with E-state index in [1.54, 1.807) is 36.8 Å². The second-order valence-corrected chi connectivity index (χ2v) is 7.63. The molecule has 0 fully saturated rings. The number of rotatable bonds is 6. The van der Waals surface area contributed by atoms with Crippen LogP contribution in [0.2, 0.25) is 0 Å². The van der Waals surface area contributed by atoms with E-state index in [-0.39, 0.29) is 24.4 Å². The lowest BCUT2D eigenvalue weighted by atomic mass is 10.2. The molecule has 30 heavy (non-hydrogen) atoms. The van der Waals surface area contributed by atoms with Crippen molar-refractivity contribution in [1.29, 1.82) is 0 Å². The molecule has 6 nitrogen and oxygen atoms in total. The Hall–Kier alpha value is -3.39. The van der Waals surface area contributed by atoms with Crippen LogP contribution in [0.3, 0.4) is 0 Å². The van der Waals surface area contributed by atoms with Crippen LogP contribution in [0.15, 0.2) is 63.5 Å². The number of ether oxygens (including phenoxy) is 2. The summed E-state index contributed by atoms with van der Waals surface area (Å²) in [4.78, 5) is 26.2. The predicted molar refractivity (Wildman–Crippen MR) is 114 cm³/mol. The summed E-state index contributed by atoms with van der Waals surface area (Å²) < 4.78 is 27.5. The molecule has 0 bridgehead atoms. The van der Waals surface area contributed by atoms with Crippen LogP contribution in [0.25, 0.3) is 10.2 Å². The smallest absolute Gasteiger partial charge is 0.332 e. The first-order valence-corrected chi connectivity index (χ1v) is 10.1. The van der Waals surface area contributed by atoms with Crippen LogP contribution in [0.1, 0.15) is 11.1 Å². The fraction of sp³-hybridized carbons (Fsp3) is 0.182. The molecule has 0 radical (unpaired) electrons. The van der Waals surface area contributed by atoms with Crippen molar-refractivity contribution < 1.29 is 13.9 Å². The van der Waals surface area contributed by atoms with Crippen molar-refractivity contribution in [1.82, 2.24) is 9.13 Å². The molecule has 154 valence electrons. The van der Waals surface area contributed by atoms with Crippen LogP contribution < -0.4 is 20.7 Å². The molecule has 0 aliphatic heterocycles. The van der Waals surface area contributed by atoms with Crippen molar-refractivity contribution in [2.24, 2.45) is 0 Å². The van der Waals surface area contributed by atoms with Gasteiger partial charge in [0.1, 0.15) is 10.4 Å². The van der Waals surface area contributed by atoms with Gasteiger partial charge in [-0.25, -0.2) is 9.18 Å². The zero-order chi connectivity index (χ0) is 21.3. The quantitative estimate of drug-likeness (QED) is 0.474. The van der Waals surface area contributed by atoms with Crippen LogP contribution in [-0.4, -0.2) is 23.4 Å². The SMILES string of the molecule is COc1cccc(Cn2c(=O)c3sccc3n(Cc3ccc(OC)c(F)c3)c2=O)c1. The fourth-order valence-electron chi connectivity index (χ4n) is 3.37. The number of nitrogens with zero attached hydrogens (tertiary/aromatic N) is 2. The topological polar surface area (TPSA) is 62.5 Å². The summed E-state index contributed by atoms with van der Waals surface area (Å²) >= 11 is 1.28. The maximum absolute atomic E-state index is 14.1. The molecule has 0 unspecified atom stereocenters. The van der Waals surface area contributed by atoms with Gasteiger partial charge in [-0.1, -0.05) is 18.2 Å². The number of fused-ring (bicyclic) bond motifs is 1. The maximum Gasteiger partial charge on any atom is 0.332 e. The molecule has 2 heterocycles. The Morgan fingerprint density at radius 1 is 0.933 bits per heavy atom. The zero-order valence-electron chi connectivity index (χ0n) is 16.4. The van der Waals surface area contributed by atoms with Gasteiger partial charge in [0.15, 0.2) is 11.6 Å². The van der Waals surface area contributed by atoms with E-state index in [4.69, 9.17) is 9.47 Å². The molecular weight excluding hydrogens is 407 g/mol. The van der Waals surface area contributed by atoms with Crippen LogP contribution in [0.4, 0.5) is 4.39 Å². The normalized spacial score (nSPS) is 11.0. The summed E-state index contributed by atoms with van der Waals surface area (Å²) in [5, 5.41) is 1.77. The van der Waals surface area contributed by atoms with Gasteiger partial charge in [-0.15, -0.1) is 11.3 Å². The summed E-state index contributed by atoms with van der Waals surface area (Å²) in [6, 6.07) is 13.5. The molecule has 0 spiro atoms. The Labute approximate surface area is 175 Å². The third-order valence-corrected chi connectivity index (χ3v) is 5.76. The van der Waals surface area contributed by atoms with Crippen LogP contribution in [-0.2, 0) is 13.1 Å². The number of hydrogen-bond acceptors (Lipinski definition) is 5. The average Bonchev–Trinajstić information content (AvgIpc) is 3.24. The largest absolute Gasteiger partial charge is 0.497 e. The van der Waals surface area contributed by atoms with Gasteiger partial charge in [-0.05, 0) is 46.8 Å². The second-order valence-electron chi connectivity index (χ2n) is 6.72. The molecule has 8 heteroatoms. The van der Waals surface area contributed by atoms with Crippen LogP contribution in [0.5, 0.6) is 11.5 Å².